The minimum absolute atomic E-state index is 0.0486. The first-order valence-corrected chi connectivity index (χ1v) is 6.51. The number of rotatable bonds is 2. The Balaban J connectivity index is 2.89. The van der Waals surface area contributed by atoms with Crippen molar-refractivity contribution in [2.75, 3.05) is 6.54 Å². The zero-order valence-corrected chi connectivity index (χ0v) is 12.1. The van der Waals surface area contributed by atoms with E-state index in [4.69, 9.17) is 0 Å². The third-order valence-corrected chi connectivity index (χ3v) is 3.39. The molecule has 1 fully saturated rings. The number of nitrogens with zero attached hydrogens (tertiary/aromatic N) is 1. The summed E-state index contributed by atoms with van der Waals surface area (Å²) in [4.78, 5) is 13.8. The van der Waals surface area contributed by atoms with Gasteiger partial charge in [0, 0.05) is 12.6 Å². The third kappa shape index (κ3) is 3.70. The molecule has 1 saturated heterocycles. The average Bonchev–Trinajstić information content (AvgIpc) is 2.41. The first-order chi connectivity index (χ1) is 7.52. The first kappa shape index (κ1) is 14.5. The SMILES string of the molecule is CC(C)(C)CC(N1CCC(O)C1=O)C(C)(C)C. The lowest BCUT2D eigenvalue weighted by atomic mass is 9.76. The number of carbonyl (C=O) groups is 1. The zero-order chi connectivity index (χ0) is 13.4. The molecule has 17 heavy (non-hydrogen) atoms. The average molecular weight is 241 g/mol. The maximum absolute atomic E-state index is 12.0. The summed E-state index contributed by atoms with van der Waals surface area (Å²) in [6.07, 6.45) is 0.768. The van der Waals surface area contributed by atoms with E-state index in [9.17, 15) is 9.90 Å². The molecule has 1 rings (SSSR count). The zero-order valence-electron chi connectivity index (χ0n) is 12.1. The molecular weight excluding hydrogens is 214 g/mol. The van der Waals surface area contributed by atoms with Crippen molar-refractivity contribution in [1.29, 1.82) is 0 Å². The van der Waals surface area contributed by atoms with E-state index in [1.165, 1.54) is 0 Å². The van der Waals surface area contributed by atoms with E-state index in [-0.39, 0.29) is 22.8 Å². The van der Waals surface area contributed by atoms with E-state index >= 15 is 0 Å². The fraction of sp³-hybridized carbons (Fsp3) is 0.929. The number of aliphatic hydroxyl groups is 1. The molecule has 0 aromatic heterocycles. The molecule has 100 valence electrons. The molecule has 1 amide bonds. The minimum Gasteiger partial charge on any atom is -0.383 e. The second-order valence-corrected chi connectivity index (χ2v) is 7.48. The maximum Gasteiger partial charge on any atom is 0.251 e. The van der Waals surface area contributed by atoms with Crippen LogP contribution in [0.2, 0.25) is 0 Å². The number of hydrogen-bond acceptors (Lipinski definition) is 2. The number of carbonyl (C=O) groups excluding carboxylic acids is 1. The second-order valence-electron chi connectivity index (χ2n) is 7.48. The highest BCUT2D eigenvalue weighted by atomic mass is 16.3. The number of hydrogen-bond donors (Lipinski definition) is 1. The lowest BCUT2D eigenvalue weighted by molar-refractivity contribution is -0.139. The van der Waals surface area contributed by atoms with Gasteiger partial charge in [0.25, 0.3) is 5.91 Å². The summed E-state index contributed by atoms with van der Waals surface area (Å²) in [7, 11) is 0. The molecule has 0 spiro atoms. The summed E-state index contributed by atoms with van der Waals surface area (Å²) in [5, 5.41) is 9.59. The summed E-state index contributed by atoms with van der Waals surface area (Å²) in [5.41, 5.74) is 0.235. The van der Waals surface area contributed by atoms with Crippen molar-refractivity contribution in [3.8, 4) is 0 Å². The highest BCUT2D eigenvalue weighted by molar-refractivity contribution is 5.83. The van der Waals surface area contributed by atoms with E-state index < -0.39 is 6.10 Å². The minimum atomic E-state index is -0.778. The van der Waals surface area contributed by atoms with E-state index in [1.807, 2.05) is 4.90 Å². The van der Waals surface area contributed by atoms with Gasteiger partial charge < -0.3 is 10.0 Å². The van der Waals surface area contributed by atoms with E-state index in [0.717, 1.165) is 6.42 Å². The number of amides is 1. The van der Waals surface area contributed by atoms with Crippen LogP contribution in [0.1, 0.15) is 54.4 Å². The van der Waals surface area contributed by atoms with Crippen molar-refractivity contribution in [3.63, 3.8) is 0 Å². The molecule has 3 heteroatoms. The molecular formula is C14H27NO2. The first-order valence-electron chi connectivity index (χ1n) is 6.51. The van der Waals surface area contributed by atoms with Gasteiger partial charge in [-0.3, -0.25) is 4.79 Å². The standard InChI is InChI=1S/C14H27NO2/c1-13(2,3)9-11(14(4,5)6)15-8-7-10(16)12(15)17/h10-11,16H,7-9H2,1-6H3. The van der Waals surface area contributed by atoms with Crippen LogP contribution in [0.5, 0.6) is 0 Å². The summed E-state index contributed by atoms with van der Waals surface area (Å²) >= 11 is 0. The smallest absolute Gasteiger partial charge is 0.251 e. The van der Waals surface area contributed by atoms with Gasteiger partial charge in [0.15, 0.2) is 0 Å². The molecule has 1 heterocycles. The lowest BCUT2D eigenvalue weighted by Gasteiger charge is -2.41. The van der Waals surface area contributed by atoms with Crippen molar-refractivity contribution in [3.05, 3.63) is 0 Å². The van der Waals surface area contributed by atoms with Gasteiger partial charge in [-0.2, -0.15) is 0 Å². The van der Waals surface area contributed by atoms with Crippen LogP contribution in [0.3, 0.4) is 0 Å². The Morgan fingerprint density at radius 2 is 1.82 bits per heavy atom. The predicted octanol–water partition coefficient (Wildman–Crippen LogP) is 2.43. The van der Waals surface area contributed by atoms with Gasteiger partial charge in [-0.15, -0.1) is 0 Å². The maximum atomic E-state index is 12.0. The Kier molecular flexibility index (Phi) is 3.92. The Labute approximate surface area is 105 Å². The lowest BCUT2D eigenvalue weighted by Crippen LogP contribution is -2.47. The fourth-order valence-electron chi connectivity index (χ4n) is 2.46. The molecule has 1 aliphatic heterocycles. The summed E-state index contributed by atoms with van der Waals surface area (Å²) in [5.74, 6) is -0.0887. The fourth-order valence-corrected chi connectivity index (χ4v) is 2.46. The summed E-state index contributed by atoms with van der Waals surface area (Å²) < 4.78 is 0. The van der Waals surface area contributed by atoms with Gasteiger partial charge in [-0.05, 0) is 23.7 Å². The third-order valence-electron chi connectivity index (χ3n) is 3.39. The van der Waals surface area contributed by atoms with Crippen molar-refractivity contribution in [2.24, 2.45) is 10.8 Å². The van der Waals surface area contributed by atoms with Crippen molar-refractivity contribution < 1.29 is 9.90 Å². The van der Waals surface area contributed by atoms with Crippen LogP contribution in [0.4, 0.5) is 0 Å². The molecule has 0 radical (unpaired) electrons. The molecule has 0 aromatic rings. The van der Waals surface area contributed by atoms with Gasteiger partial charge in [-0.25, -0.2) is 0 Å². The monoisotopic (exact) mass is 241 g/mol. The molecule has 1 aliphatic rings. The molecule has 0 bridgehead atoms. The molecule has 0 saturated carbocycles. The molecule has 2 unspecified atom stereocenters. The quantitative estimate of drug-likeness (QED) is 0.806. The van der Waals surface area contributed by atoms with E-state index in [0.29, 0.717) is 13.0 Å². The van der Waals surface area contributed by atoms with Gasteiger partial charge in [0.2, 0.25) is 0 Å². The van der Waals surface area contributed by atoms with Crippen LogP contribution in [0, 0.1) is 10.8 Å². The Morgan fingerprint density at radius 1 is 1.29 bits per heavy atom. The van der Waals surface area contributed by atoms with Crippen LogP contribution >= 0.6 is 0 Å². The number of likely N-dealkylation sites (tertiary alicyclic amines) is 1. The largest absolute Gasteiger partial charge is 0.383 e. The number of aliphatic hydroxyl groups excluding tert-OH is 1. The second kappa shape index (κ2) is 4.60. The van der Waals surface area contributed by atoms with Gasteiger partial charge >= 0.3 is 0 Å². The predicted molar refractivity (Wildman–Crippen MR) is 69.7 cm³/mol. The highest BCUT2D eigenvalue weighted by Crippen LogP contribution is 2.36. The van der Waals surface area contributed by atoms with Crippen molar-refractivity contribution >= 4 is 5.91 Å². The molecule has 1 N–H and O–H groups in total. The van der Waals surface area contributed by atoms with Crippen LogP contribution in [-0.4, -0.2) is 34.6 Å². The van der Waals surface area contributed by atoms with Crippen LogP contribution in [0.15, 0.2) is 0 Å². The van der Waals surface area contributed by atoms with E-state index in [1.54, 1.807) is 0 Å². The highest BCUT2D eigenvalue weighted by Gasteiger charge is 2.41. The van der Waals surface area contributed by atoms with Gasteiger partial charge in [0.1, 0.15) is 6.10 Å². The van der Waals surface area contributed by atoms with Crippen LogP contribution in [-0.2, 0) is 4.79 Å². The van der Waals surface area contributed by atoms with Crippen LogP contribution < -0.4 is 0 Å². The van der Waals surface area contributed by atoms with Crippen molar-refractivity contribution in [2.45, 2.75) is 66.5 Å². The normalized spacial score (nSPS) is 24.3. The van der Waals surface area contributed by atoms with Crippen molar-refractivity contribution in [1.82, 2.24) is 4.90 Å². The Morgan fingerprint density at radius 3 is 2.12 bits per heavy atom. The van der Waals surface area contributed by atoms with Gasteiger partial charge in [0.05, 0.1) is 0 Å². The Bertz CT molecular complexity index is 286. The topological polar surface area (TPSA) is 40.5 Å². The summed E-state index contributed by atoms with van der Waals surface area (Å²) in [6.45, 7) is 13.8. The molecule has 2 atom stereocenters. The molecule has 0 aromatic carbocycles. The summed E-state index contributed by atoms with van der Waals surface area (Å²) in [6, 6.07) is 0.201. The molecule has 3 nitrogen and oxygen atoms in total. The molecule has 0 aliphatic carbocycles. The van der Waals surface area contributed by atoms with E-state index in [2.05, 4.69) is 41.5 Å². The Hall–Kier alpha value is -0.570. The van der Waals surface area contributed by atoms with Gasteiger partial charge in [-0.1, -0.05) is 41.5 Å². The van der Waals surface area contributed by atoms with Crippen LogP contribution in [0.25, 0.3) is 0 Å².